The lowest BCUT2D eigenvalue weighted by molar-refractivity contribution is -0.384. The number of hydrogen-bond acceptors (Lipinski definition) is 7. The number of anilines is 1. The number of carbonyl (C=O) groups is 1. The summed E-state index contributed by atoms with van der Waals surface area (Å²) in [4.78, 5) is 32.1. The second-order valence-corrected chi connectivity index (χ2v) is 8.12. The van der Waals surface area contributed by atoms with Gasteiger partial charge in [-0.1, -0.05) is 12.1 Å². The zero-order valence-electron chi connectivity index (χ0n) is 19.5. The standard InChI is InChI=1S/C26H19FN6O4/c1-16-25-23(17-4-6-18(27)7-5-17)8-10-29-26(25)32(31-16)15-24(34)30-19-11-20(33(35)36)13-22(12-19)37-21-3-2-9-28-14-21/h2-14H,15H2,1H3,(H,30,34). The van der Waals surface area contributed by atoms with Crippen LogP contribution in [0.4, 0.5) is 15.8 Å². The predicted molar refractivity (Wildman–Crippen MR) is 134 cm³/mol. The van der Waals surface area contributed by atoms with Gasteiger partial charge in [-0.05, 0) is 48.4 Å². The van der Waals surface area contributed by atoms with Gasteiger partial charge < -0.3 is 10.1 Å². The summed E-state index contributed by atoms with van der Waals surface area (Å²) in [6.45, 7) is 1.61. The van der Waals surface area contributed by atoms with Crippen LogP contribution in [0, 0.1) is 22.9 Å². The highest BCUT2D eigenvalue weighted by Crippen LogP contribution is 2.31. The third kappa shape index (κ3) is 5.10. The van der Waals surface area contributed by atoms with Gasteiger partial charge in [0.1, 0.15) is 23.9 Å². The zero-order chi connectivity index (χ0) is 25.9. The first-order valence-electron chi connectivity index (χ1n) is 11.1. The van der Waals surface area contributed by atoms with Crippen molar-refractivity contribution in [3.05, 3.63) is 101 Å². The molecule has 0 radical (unpaired) electrons. The number of nitrogens with one attached hydrogen (secondary N) is 1. The average Bonchev–Trinajstić information content (AvgIpc) is 3.20. The third-order valence-corrected chi connectivity index (χ3v) is 5.51. The van der Waals surface area contributed by atoms with Gasteiger partial charge in [-0.3, -0.25) is 19.9 Å². The Morgan fingerprint density at radius 2 is 1.92 bits per heavy atom. The van der Waals surface area contributed by atoms with Crippen LogP contribution in [0.15, 0.2) is 79.3 Å². The molecule has 0 fully saturated rings. The van der Waals surface area contributed by atoms with Crippen molar-refractivity contribution in [1.29, 1.82) is 0 Å². The van der Waals surface area contributed by atoms with Gasteiger partial charge in [-0.2, -0.15) is 5.10 Å². The van der Waals surface area contributed by atoms with Gasteiger partial charge in [0.25, 0.3) is 5.69 Å². The lowest BCUT2D eigenvalue weighted by atomic mass is 10.0. The Labute approximate surface area is 209 Å². The number of benzene rings is 2. The predicted octanol–water partition coefficient (Wildman–Crippen LogP) is 5.28. The largest absolute Gasteiger partial charge is 0.455 e. The Balaban J connectivity index is 1.41. The van der Waals surface area contributed by atoms with Gasteiger partial charge in [-0.25, -0.2) is 14.1 Å². The first-order chi connectivity index (χ1) is 17.9. The van der Waals surface area contributed by atoms with E-state index in [0.29, 0.717) is 17.1 Å². The SMILES string of the molecule is Cc1nn(CC(=O)Nc2cc(Oc3cccnc3)cc([N+](=O)[O-])c2)c2nccc(-c3ccc(F)cc3)c12. The molecule has 1 N–H and O–H groups in total. The van der Waals surface area contributed by atoms with E-state index in [2.05, 4.69) is 20.4 Å². The van der Waals surface area contributed by atoms with Crippen LogP contribution in [0.1, 0.15) is 5.69 Å². The van der Waals surface area contributed by atoms with Crippen LogP contribution in [0.5, 0.6) is 11.5 Å². The number of halogens is 1. The van der Waals surface area contributed by atoms with Gasteiger partial charge >= 0.3 is 0 Å². The van der Waals surface area contributed by atoms with Crippen molar-refractivity contribution < 1.29 is 18.8 Å². The molecule has 0 saturated carbocycles. The number of hydrogen-bond donors (Lipinski definition) is 1. The smallest absolute Gasteiger partial charge is 0.275 e. The fourth-order valence-electron chi connectivity index (χ4n) is 3.96. The van der Waals surface area contributed by atoms with Gasteiger partial charge in [0.05, 0.1) is 28.6 Å². The molecular formula is C26H19FN6O4. The molecule has 0 unspecified atom stereocenters. The molecule has 10 nitrogen and oxygen atoms in total. The molecule has 184 valence electrons. The van der Waals surface area contributed by atoms with E-state index >= 15 is 0 Å². The van der Waals surface area contributed by atoms with E-state index in [-0.39, 0.29) is 29.5 Å². The van der Waals surface area contributed by atoms with Crippen LogP contribution in [-0.2, 0) is 11.3 Å². The van der Waals surface area contributed by atoms with E-state index < -0.39 is 10.8 Å². The lowest BCUT2D eigenvalue weighted by Crippen LogP contribution is -2.20. The molecule has 0 aliphatic rings. The number of nitrogens with zero attached hydrogens (tertiary/aromatic N) is 5. The molecule has 1 amide bonds. The third-order valence-electron chi connectivity index (χ3n) is 5.51. The number of pyridine rings is 2. The van der Waals surface area contributed by atoms with Gasteiger partial charge in [-0.15, -0.1) is 0 Å². The molecule has 3 aromatic heterocycles. The number of carbonyl (C=O) groups excluding carboxylic acids is 1. The lowest BCUT2D eigenvalue weighted by Gasteiger charge is -2.10. The average molecular weight is 498 g/mol. The zero-order valence-corrected chi connectivity index (χ0v) is 19.5. The Morgan fingerprint density at radius 3 is 2.65 bits per heavy atom. The van der Waals surface area contributed by atoms with Crippen molar-refractivity contribution in [3.8, 4) is 22.6 Å². The summed E-state index contributed by atoms with van der Waals surface area (Å²) < 4.78 is 20.5. The molecule has 5 aromatic rings. The first-order valence-corrected chi connectivity index (χ1v) is 11.1. The molecule has 0 bridgehead atoms. The second-order valence-electron chi connectivity index (χ2n) is 8.12. The molecular weight excluding hydrogens is 479 g/mol. The number of rotatable bonds is 7. The summed E-state index contributed by atoms with van der Waals surface area (Å²) in [7, 11) is 0. The van der Waals surface area contributed by atoms with Crippen LogP contribution in [0.3, 0.4) is 0 Å². The van der Waals surface area contributed by atoms with E-state index in [9.17, 15) is 19.3 Å². The molecule has 0 aliphatic heterocycles. The maximum Gasteiger partial charge on any atom is 0.275 e. The molecule has 0 atom stereocenters. The van der Waals surface area contributed by atoms with Crippen LogP contribution >= 0.6 is 0 Å². The molecule has 0 spiro atoms. The summed E-state index contributed by atoms with van der Waals surface area (Å²) in [6.07, 6.45) is 4.64. The van der Waals surface area contributed by atoms with Crippen LogP contribution in [0.2, 0.25) is 0 Å². The van der Waals surface area contributed by atoms with E-state index in [0.717, 1.165) is 16.5 Å². The van der Waals surface area contributed by atoms with Crippen molar-refractivity contribution in [3.63, 3.8) is 0 Å². The van der Waals surface area contributed by atoms with Crippen molar-refractivity contribution >= 4 is 28.3 Å². The molecule has 5 rings (SSSR count). The van der Waals surface area contributed by atoms with Crippen LogP contribution < -0.4 is 10.1 Å². The number of fused-ring (bicyclic) bond motifs is 1. The summed E-state index contributed by atoms with van der Waals surface area (Å²) >= 11 is 0. The van der Waals surface area contributed by atoms with Crippen molar-refractivity contribution in [2.24, 2.45) is 0 Å². The normalized spacial score (nSPS) is 10.9. The van der Waals surface area contributed by atoms with Gasteiger partial charge in [0.15, 0.2) is 5.65 Å². The topological polar surface area (TPSA) is 125 Å². The molecule has 37 heavy (non-hydrogen) atoms. The first kappa shape index (κ1) is 23.5. The second kappa shape index (κ2) is 9.82. The Bertz CT molecular complexity index is 1620. The maximum atomic E-state index is 13.4. The molecule has 2 aromatic carbocycles. The van der Waals surface area contributed by atoms with E-state index in [4.69, 9.17) is 4.74 Å². The van der Waals surface area contributed by atoms with E-state index in [1.54, 1.807) is 43.6 Å². The molecule has 11 heteroatoms. The summed E-state index contributed by atoms with van der Waals surface area (Å²) in [5.41, 5.74) is 2.67. The fraction of sp³-hybridized carbons (Fsp3) is 0.0769. The fourth-order valence-corrected chi connectivity index (χ4v) is 3.96. The number of non-ortho nitro benzene ring substituents is 1. The number of amides is 1. The molecule has 3 heterocycles. The van der Waals surface area contributed by atoms with Crippen molar-refractivity contribution in [2.45, 2.75) is 13.5 Å². The number of aryl methyl sites for hydroxylation is 1. The number of nitro benzene ring substituents is 1. The number of nitro groups is 1. The Hall–Kier alpha value is -5.19. The Morgan fingerprint density at radius 1 is 1.11 bits per heavy atom. The van der Waals surface area contributed by atoms with Crippen LogP contribution in [-0.4, -0.2) is 30.6 Å². The minimum absolute atomic E-state index is 0.170. The monoisotopic (exact) mass is 498 g/mol. The summed E-state index contributed by atoms with van der Waals surface area (Å²) in [5, 5.41) is 19.3. The molecule has 0 saturated heterocycles. The molecule has 0 aliphatic carbocycles. The van der Waals surface area contributed by atoms with Crippen molar-refractivity contribution in [2.75, 3.05) is 5.32 Å². The van der Waals surface area contributed by atoms with Crippen molar-refractivity contribution in [1.82, 2.24) is 19.7 Å². The summed E-state index contributed by atoms with van der Waals surface area (Å²) in [5.74, 6) is -0.246. The van der Waals surface area contributed by atoms with E-state index in [1.807, 2.05) is 6.07 Å². The number of ether oxygens (including phenoxy) is 1. The highest BCUT2D eigenvalue weighted by Gasteiger charge is 2.18. The highest BCUT2D eigenvalue weighted by molar-refractivity contribution is 5.96. The minimum Gasteiger partial charge on any atom is -0.455 e. The maximum absolute atomic E-state index is 13.4. The highest BCUT2D eigenvalue weighted by atomic mass is 19.1. The van der Waals surface area contributed by atoms with Gasteiger partial charge in [0, 0.05) is 29.9 Å². The van der Waals surface area contributed by atoms with Gasteiger partial charge in [0.2, 0.25) is 5.91 Å². The minimum atomic E-state index is -0.572. The van der Waals surface area contributed by atoms with E-state index in [1.165, 1.54) is 41.2 Å². The Kier molecular flexibility index (Phi) is 6.25. The number of aromatic nitrogens is 4. The quantitative estimate of drug-likeness (QED) is 0.239. The summed E-state index contributed by atoms with van der Waals surface area (Å²) in [6, 6.07) is 15.2. The van der Waals surface area contributed by atoms with Crippen LogP contribution in [0.25, 0.3) is 22.2 Å².